The molecule has 0 amide bonds. The van der Waals surface area contributed by atoms with E-state index >= 15 is 0 Å². The molecule has 0 atom stereocenters. The lowest BCUT2D eigenvalue weighted by Gasteiger charge is -1.99. The predicted molar refractivity (Wildman–Crippen MR) is 99.6 cm³/mol. The van der Waals surface area contributed by atoms with Crippen LogP contribution >= 0.6 is 0 Å². The number of pyridine rings is 1. The van der Waals surface area contributed by atoms with Crippen molar-refractivity contribution in [3.8, 4) is 17.1 Å². The number of hydrogen-bond donors (Lipinski definition) is 1. The Morgan fingerprint density at radius 3 is 2.56 bits per heavy atom. The third kappa shape index (κ3) is 3.26. The number of hydrogen-bond acceptors (Lipinski definition) is 4. The van der Waals surface area contributed by atoms with Crippen LogP contribution in [0.5, 0.6) is 5.75 Å². The Morgan fingerprint density at radius 2 is 1.80 bits per heavy atom. The fraction of sp³-hybridized carbons (Fsp3) is 0.0500. The summed E-state index contributed by atoms with van der Waals surface area (Å²) in [5.41, 5.74) is 4.76. The van der Waals surface area contributed by atoms with E-state index in [1.807, 2.05) is 60.8 Å². The number of ether oxygens (including phenoxy) is 1. The maximum atomic E-state index is 5.16. The molecule has 0 aliphatic heterocycles. The van der Waals surface area contributed by atoms with Crippen LogP contribution in [0.2, 0.25) is 0 Å². The Hall–Kier alpha value is -3.47. The monoisotopic (exact) mass is 328 g/mol. The van der Waals surface area contributed by atoms with Gasteiger partial charge in [-0.15, -0.1) is 0 Å². The standard InChI is InChI=1S/C20H16N4O/c1-25-17-5-2-14(3-6-17)13-22-16-4-7-18-19(12-16)24-20(23-18)15-8-10-21-11-9-15/h2-13H,1H3,(H,23,24). The average Bonchev–Trinajstić information content (AvgIpc) is 3.11. The smallest absolute Gasteiger partial charge is 0.138 e. The molecule has 25 heavy (non-hydrogen) atoms. The zero-order valence-electron chi connectivity index (χ0n) is 13.7. The molecule has 0 radical (unpaired) electrons. The summed E-state index contributed by atoms with van der Waals surface area (Å²) < 4.78 is 5.16. The van der Waals surface area contributed by atoms with E-state index in [2.05, 4.69) is 19.9 Å². The van der Waals surface area contributed by atoms with Gasteiger partial charge in [0.2, 0.25) is 0 Å². The van der Waals surface area contributed by atoms with Crippen molar-refractivity contribution >= 4 is 22.9 Å². The van der Waals surface area contributed by atoms with Crippen LogP contribution in [-0.2, 0) is 0 Å². The van der Waals surface area contributed by atoms with Crippen molar-refractivity contribution in [2.24, 2.45) is 4.99 Å². The van der Waals surface area contributed by atoms with Crippen molar-refractivity contribution in [1.82, 2.24) is 15.0 Å². The second-order valence-electron chi connectivity index (χ2n) is 5.55. The minimum atomic E-state index is 0.827. The molecule has 2 aromatic carbocycles. The van der Waals surface area contributed by atoms with Crippen LogP contribution in [0.25, 0.3) is 22.4 Å². The van der Waals surface area contributed by atoms with Crippen LogP contribution in [0.3, 0.4) is 0 Å². The molecule has 0 unspecified atom stereocenters. The summed E-state index contributed by atoms with van der Waals surface area (Å²) in [5.74, 6) is 1.66. The number of rotatable bonds is 4. The van der Waals surface area contributed by atoms with E-state index in [0.29, 0.717) is 0 Å². The Kier molecular flexibility index (Phi) is 3.96. The maximum absolute atomic E-state index is 5.16. The second kappa shape index (κ2) is 6.57. The molecule has 2 aromatic heterocycles. The Balaban J connectivity index is 1.61. The quantitative estimate of drug-likeness (QED) is 0.565. The van der Waals surface area contributed by atoms with Crippen molar-refractivity contribution < 1.29 is 4.74 Å². The first-order valence-corrected chi connectivity index (χ1v) is 7.90. The van der Waals surface area contributed by atoms with Crippen molar-refractivity contribution in [3.63, 3.8) is 0 Å². The first-order valence-electron chi connectivity index (χ1n) is 7.90. The summed E-state index contributed by atoms with van der Waals surface area (Å²) in [7, 11) is 1.66. The SMILES string of the molecule is COc1ccc(C=Nc2ccc3nc(-c4ccncc4)[nH]c3c2)cc1. The van der Waals surface area contributed by atoms with Gasteiger partial charge in [0.25, 0.3) is 0 Å². The first kappa shape index (κ1) is 15.1. The summed E-state index contributed by atoms with van der Waals surface area (Å²) in [4.78, 5) is 16.5. The zero-order valence-corrected chi connectivity index (χ0v) is 13.7. The van der Waals surface area contributed by atoms with Gasteiger partial charge in [0.05, 0.1) is 23.8 Å². The highest BCUT2D eigenvalue weighted by Gasteiger charge is 2.05. The second-order valence-corrected chi connectivity index (χ2v) is 5.55. The molecule has 4 aromatic rings. The summed E-state index contributed by atoms with van der Waals surface area (Å²) in [6.07, 6.45) is 5.35. The van der Waals surface area contributed by atoms with E-state index in [0.717, 1.165) is 39.4 Å². The normalized spacial score (nSPS) is 11.2. The summed E-state index contributed by atoms with van der Waals surface area (Å²) in [6.45, 7) is 0. The number of aliphatic imine (C=N–C) groups is 1. The Morgan fingerprint density at radius 1 is 1.00 bits per heavy atom. The van der Waals surface area contributed by atoms with Crippen molar-refractivity contribution in [2.45, 2.75) is 0 Å². The molecule has 2 heterocycles. The van der Waals surface area contributed by atoms with Gasteiger partial charge in [0.15, 0.2) is 0 Å². The third-order valence-electron chi connectivity index (χ3n) is 3.90. The highest BCUT2D eigenvalue weighted by atomic mass is 16.5. The van der Waals surface area contributed by atoms with Gasteiger partial charge >= 0.3 is 0 Å². The first-order chi connectivity index (χ1) is 12.3. The average molecular weight is 328 g/mol. The summed E-state index contributed by atoms with van der Waals surface area (Å²) in [5, 5.41) is 0. The summed E-state index contributed by atoms with van der Waals surface area (Å²) >= 11 is 0. The Bertz CT molecular complexity index is 1020. The summed E-state index contributed by atoms with van der Waals surface area (Å²) in [6, 6.07) is 17.6. The van der Waals surface area contributed by atoms with Gasteiger partial charge in [-0.25, -0.2) is 4.98 Å². The number of benzene rings is 2. The molecule has 0 saturated carbocycles. The number of nitrogens with zero attached hydrogens (tertiary/aromatic N) is 3. The highest BCUT2D eigenvalue weighted by molar-refractivity contribution is 5.85. The molecule has 0 fully saturated rings. The molecule has 0 spiro atoms. The van der Waals surface area contributed by atoms with Crippen molar-refractivity contribution in [3.05, 3.63) is 72.6 Å². The molecular weight excluding hydrogens is 312 g/mol. The van der Waals surface area contributed by atoms with E-state index in [1.54, 1.807) is 19.5 Å². The largest absolute Gasteiger partial charge is 0.497 e. The van der Waals surface area contributed by atoms with E-state index in [1.165, 1.54) is 0 Å². The van der Waals surface area contributed by atoms with Crippen LogP contribution < -0.4 is 4.74 Å². The lowest BCUT2D eigenvalue weighted by Crippen LogP contribution is -1.84. The molecule has 0 saturated heterocycles. The number of methoxy groups -OCH3 is 1. The van der Waals surface area contributed by atoms with Crippen LogP contribution in [0.4, 0.5) is 5.69 Å². The number of fused-ring (bicyclic) bond motifs is 1. The van der Waals surface area contributed by atoms with E-state index < -0.39 is 0 Å². The van der Waals surface area contributed by atoms with Gasteiger partial charge in [-0.05, 0) is 60.2 Å². The van der Waals surface area contributed by atoms with Crippen LogP contribution in [0.1, 0.15) is 5.56 Å². The van der Waals surface area contributed by atoms with Crippen LogP contribution in [0.15, 0.2) is 72.0 Å². The highest BCUT2D eigenvalue weighted by Crippen LogP contribution is 2.23. The van der Waals surface area contributed by atoms with Gasteiger partial charge < -0.3 is 9.72 Å². The third-order valence-corrected chi connectivity index (χ3v) is 3.90. The minimum absolute atomic E-state index is 0.827. The lowest BCUT2D eigenvalue weighted by atomic mass is 10.2. The Labute approximate surface area is 145 Å². The topological polar surface area (TPSA) is 63.2 Å². The molecule has 5 heteroatoms. The van der Waals surface area contributed by atoms with Gasteiger partial charge in [0.1, 0.15) is 11.6 Å². The molecule has 5 nitrogen and oxygen atoms in total. The number of H-pyrrole nitrogens is 1. The van der Waals surface area contributed by atoms with Crippen molar-refractivity contribution in [2.75, 3.05) is 7.11 Å². The van der Waals surface area contributed by atoms with Gasteiger partial charge in [-0.3, -0.25) is 9.98 Å². The molecule has 0 aliphatic rings. The predicted octanol–water partition coefficient (Wildman–Crippen LogP) is 4.38. The van der Waals surface area contributed by atoms with E-state index in [9.17, 15) is 0 Å². The van der Waals surface area contributed by atoms with Crippen LogP contribution in [0, 0.1) is 0 Å². The molecule has 1 N–H and O–H groups in total. The molecule has 122 valence electrons. The van der Waals surface area contributed by atoms with Gasteiger partial charge in [-0.2, -0.15) is 0 Å². The van der Waals surface area contributed by atoms with Crippen molar-refractivity contribution in [1.29, 1.82) is 0 Å². The molecule has 4 rings (SSSR count). The molecule has 0 aliphatic carbocycles. The number of aromatic amines is 1. The maximum Gasteiger partial charge on any atom is 0.138 e. The number of imidazole rings is 1. The molecule has 0 bridgehead atoms. The number of nitrogens with one attached hydrogen (secondary N) is 1. The fourth-order valence-corrected chi connectivity index (χ4v) is 2.56. The van der Waals surface area contributed by atoms with Gasteiger partial charge in [0, 0.05) is 24.2 Å². The lowest BCUT2D eigenvalue weighted by molar-refractivity contribution is 0.415. The minimum Gasteiger partial charge on any atom is -0.497 e. The van der Waals surface area contributed by atoms with E-state index in [-0.39, 0.29) is 0 Å². The zero-order chi connectivity index (χ0) is 17.1. The van der Waals surface area contributed by atoms with E-state index in [4.69, 9.17) is 4.74 Å². The fourth-order valence-electron chi connectivity index (χ4n) is 2.56. The molecular formula is C20H16N4O. The van der Waals surface area contributed by atoms with Crippen LogP contribution in [-0.4, -0.2) is 28.3 Å². The number of aromatic nitrogens is 3. The van der Waals surface area contributed by atoms with Gasteiger partial charge in [-0.1, -0.05) is 0 Å².